The van der Waals surface area contributed by atoms with Gasteiger partial charge in [0.15, 0.2) is 11.5 Å². The van der Waals surface area contributed by atoms with E-state index in [1.54, 1.807) is 24.3 Å². The number of hydrogen-bond acceptors (Lipinski definition) is 4. The number of alkyl halides is 1. The van der Waals surface area contributed by atoms with Gasteiger partial charge in [0.1, 0.15) is 17.7 Å². The largest absolute Gasteiger partial charge is 0.454 e. The first-order valence-electron chi connectivity index (χ1n) is 11.3. The van der Waals surface area contributed by atoms with Gasteiger partial charge < -0.3 is 19.7 Å². The molecule has 2 aliphatic rings. The maximum absolute atomic E-state index is 13.6. The number of amides is 2. The van der Waals surface area contributed by atoms with E-state index in [1.165, 1.54) is 17.0 Å². The van der Waals surface area contributed by atoms with E-state index in [1.807, 2.05) is 6.07 Å². The zero-order valence-electron chi connectivity index (χ0n) is 18.4. The lowest BCUT2D eigenvalue weighted by atomic mass is 10.0. The molecule has 8 heteroatoms. The molecule has 6 nitrogen and oxygen atoms in total. The molecule has 1 heterocycles. The van der Waals surface area contributed by atoms with Crippen molar-refractivity contribution >= 4 is 23.4 Å². The minimum atomic E-state index is -0.939. The Morgan fingerprint density at radius 2 is 1.73 bits per heavy atom. The summed E-state index contributed by atoms with van der Waals surface area (Å²) in [5, 5.41) is 3.14. The number of carbonyl (C=O) groups excluding carboxylic acids is 2. The van der Waals surface area contributed by atoms with Crippen LogP contribution in [0.15, 0.2) is 42.5 Å². The van der Waals surface area contributed by atoms with Gasteiger partial charge in [-0.25, -0.2) is 4.39 Å². The summed E-state index contributed by atoms with van der Waals surface area (Å²) in [7, 11) is 0. The molecule has 0 aromatic heterocycles. The van der Waals surface area contributed by atoms with Gasteiger partial charge >= 0.3 is 0 Å². The van der Waals surface area contributed by atoms with Crippen LogP contribution in [0.2, 0.25) is 0 Å². The van der Waals surface area contributed by atoms with Crippen LogP contribution in [0.25, 0.3) is 0 Å². The van der Waals surface area contributed by atoms with Gasteiger partial charge in [0.05, 0.1) is 0 Å². The van der Waals surface area contributed by atoms with Crippen molar-refractivity contribution in [2.75, 3.05) is 12.7 Å². The number of ether oxygens (including phenoxy) is 2. The molecule has 0 saturated heterocycles. The van der Waals surface area contributed by atoms with Crippen LogP contribution >= 0.6 is 11.6 Å². The molecule has 176 valence electrons. The first-order valence-corrected chi connectivity index (χ1v) is 11.9. The van der Waals surface area contributed by atoms with Crippen LogP contribution < -0.4 is 14.8 Å². The van der Waals surface area contributed by atoms with Crippen molar-refractivity contribution in [1.82, 2.24) is 10.2 Å². The maximum Gasteiger partial charge on any atom is 0.247 e. The lowest BCUT2D eigenvalue weighted by Gasteiger charge is -2.32. The number of fused-ring (bicyclic) bond motifs is 1. The number of nitrogens with zero attached hydrogens (tertiary/aromatic N) is 1. The van der Waals surface area contributed by atoms with Crippen LogP contribution in [0, 0.1) is 5.82 Å². The molecular formula is C25H28ClFN2O4. The minimum absolute atomic E-state index is 0.0569. The summed E-state index contributed by atoms with van der Waals surface area (Å²) in [5.41, 5.74) is 1.30. The molecule has 1 N–H and O–H groups in total. The highest BCUT2D eigenvalue weighted by molar-refractivity contribution is 6.27. The topological polar surface area (TPSA) is 67.9 Å². The Morgan fingerprint density at radius 1 is 1.03 bits per heavy atom. The standard InChI is InChI=1S/C25H28ClFN2O4/c26-14-23(30)29(15-17-7-12-21-22(13-17)33-16-32-21)24(18-8-10-19(27)11-9-18)25(31)28-20-5-3-1-2-4-6-20/h7-13,20,24H,1-6,14-16H2,(H,28,31)/t24-/m1/s1. The molecule has 2 amide bonds. The molecule has 1 saturated carbocycles. The maximum atomic E-state index is 13.6. The lowest BCUT2D eigenvalue weighted by Crippen LogP contribution is -2.46. The molecule has 1 fully saturated rings. The summed E-state index contributed by atoms with van der Waals surface area (Å²) in [6.45, 7) is 0.285. The van der Waals surface area contributed by atoms with Gasteiger partial charge in [0.2, 0.25) is 18.6 Å². The van der Waals surface area contributed by atoms with Crippen LogP contribution in [0.4, 0.5) is 4.39 Å². The fourth-order valence-corrected chi connectivity index (χ4v) is 4.61. The second-order valence-electron chi connectivity index (χ2n) is 8.49. The van der Waals surface area contributed by atoms with E-state index >= 15 is 0 Å². The van der Waals surface area contributed by atoms with Crippen molar-refractivity contribution in [1.29, 1.82) is 0 Å². The third-order valence-corrected chi connectivity index (χ3v) is 6.40. The Kier molecular flexibility index (Phi) is 7.70. The van der Waals surface area contributed by atoms with E-state index in [4.69, 9.17) is 21.1 Å². The summed E-state index contributed by atoms with van der Waals surface area (Å²) in [4.78, 5) is 28.0. The van der Waals surface area contributed by atoms with Gasteiger partial charge in [-0.3, -0.25) is 9.59 Å². The number of carbonyl (C=O) groups is 2. The average molecular weight is 475 g/mol. The van der Waals surface area contributed by atoms with Crippen LogP contribution in [0.5, 0.6) is 11.5 Å². The molecule has 0 bridgehead atoms. The van der Waals surface area contributed by atoms with Gasteiger partial charge in [0, 0.05) is 12.6 Å². The van der Waals surface area contributed by atoms with Gasteiger partial charge in [-0.15, -0.1) is 11.6 Å². The minimum Gasteiger partial charge on any atom is -0.454 e. The number of halogens is 2. The van der Waals surface area contributed by atoms with Gasteiger partial charge in [0.25, 0.3) is 0 Å². The Hall–Kier alpha value is -2.80. The van der Waals surface area contributed by atoms with Crippen LogP contribution in [-0.2, 0) is 16.1 Å². The van der Waals surface area contributed by atoms with Gasteiger partial charge in [-0.2, -0.15) is 0 Å². The first-order chi connectivity index (χ1) is 16.0. The number of nitrogens with one attached hydrogen (secondary N) is 1. The molecule has 0 spiro atoms. The Labute approximate surface area is 198 Å². The number of hydrogen-bond donors (Lipinski definition) is 1. The molecule has 0 unspecified atom stereocenters. The first kappa shape index (κ1) is 23.4. The van der Waals surface area contributed by atoms with E-state index in [0.29, 0.717) is 17.1 Å². The monoisotopic (exact) mass is 474 g/mol. The fourth-order valence-electron chi connectivity index (χ4n) is 4.46. The van der Waals surface area contributed by atoms with Gasteiger partial charge in [-0.1, -0.05) is 43.9 Å². The molecule has 1 aliphatic carbocycles. The molecule has 0 radical (unpaired) electrons. The molecule has 1 atom stereocenters. The molecule has 2 aromatic rings. The van der Waals surface area contributed by atoms with Crippen molar-refractivity contribution in [3.05, 3.63) is 59.4 Å². The third kappa shape index (κ3) is 5.77. The van der Waals surface area contributed by atoms with Crippen molar-refractivity contribution in [2.45, 2.75) is 57.2 Å². The highest BCUT2D eigenvalue weighted by atomic mass is 35.5. The third-order valence-electron chi connectivity index (χ3n) is 6.17. The fraction of sp³-hybridized carbons (Fsp3) is 0.440. The number of rotatable bonds is 7. The highest BCUT2D eigenvalue weighted by Gasteiger charge is 2.33. The van der Waals surface area contributed by atoms with E-state index in [0.717, 1.165) is 44.1 Å². The molecule has 2 aromatic carbocycles. The normalized spacial score (nSPS) is 16.7. The predicted octanol–water partition coefficient (Wildman–Crippen LogP) is 4.70. The van der Waals surface area contributed by atoms with Crippen molar-refractivity contribution in [3.8, 4) is 11.5 Å². The zero-order valence-corrected chi connectivity index (χ0v) is 19.2. The van der Waals surface area contributed by atoms with Crippen molar-refractivity contribution < 1.29 is 23.5 Å². The predicted molar refractivity (Wildman–Crippen MR) is 123 cm³/mol. The Bertz CT molecular complexity index is 977. The summed E-state index contributed by atoms with van der Waals surface area (Å²) in [6, 6.07) is 10.2. The van der Waals surface area contributed by atoms with Crippen LogP contribution in [0.3, 0.4) is 0 Å². The second kappa shape index (κ2) is 10.9. The van der Waals surface area contributed by atoms with E-state index in [9.17, 15) is 14.0 Å². The molecule has 33 heavy (non-hydrogen) atoms. The lowest BCUT2D eigenvalue weighted by molar-refractivity contribution is -0.140. The molecule has 1 aliphatic heterocycles. The number of benzene rings is 2. The quantitative estimate of drug-likeness (QED) is 0.466. The molecular weight excluding hydrogens is 447 g/mol. The zero-order chi connectivity index (χ0) is 23.2. The van der Waals surface area contributed by atoms with E-state index in [2.05, 4.69) is 5.32 Å². The van der Waals surface area contributed by atoms with Crippen LogP contribution in [0.1, 0.15) is 55.7 Å². The summed E-state index contributed by atoms with van der Waals surface area (Å²) in [6.07, 6.45) is 6.27. The van der Waals surface area contributed by atoms with Crippen molar-refractivity contribution in [3.63, 3.8) is 0 Å². The summed E-state index contributed by atoms with van der Waals surface area (Å²) in [5.74, 6) is -0.138. The van der Waals surface area contributed by atoms with Crippen molar-refractivity contribution in [2.24, 2.45) is 0 Å². The average Bonchev–Trinajstić information content (AvgIpc) is 3.14. The Balaban J connectivity index is 1.64. The summed E-state index contributed by atoms with van der Waals surface area (Å²) < 4.78 is 24.5. The smallest absolute Gasteiger partial charge is 0.247 e. The Morgan fingerprint density at radius 3 is 2.42 bits per heavy atom. The second-order valence-corrected chi connectivity index (χ2v) is 8.76. The molecule has 4 rings (SSSR count). The van der Waals surface area contributed by atoms with E-state index in [-0.39, 0.29) is 37.1 Å². The summed E-state index contributed by atoms with van der Waals surface area (Å²) >= 11 is 5.95. The van der Waals surface area contributed by atoms with E-state index < -0.39 is 11.9 Å². The SMILES string of the molecule is O=C(NC1CCCCCC1)[C@@H](c1ccc(F)cc1)N(Cc1ccc2c(c1)OCO2)C(=O)CCl. The van der Waals surface area contributed by atoms with Gasteiger partial charge in [-0.05, 0) is 48.2 Å². The highest BCUT2D eigenvalue weighted by Crippen LogP contribution is 2.34. The van der Waals surface area contributed by atoms with Crippen LogP contribution in [-0.4, -0.2) is 35.4 Å².